The Morgan fingerprint density at radius 3 is 2.60 bits per heavy atom. The fraction of sp³-hybridized carbons (Fsp3) is 0.684. The van der Waals surface area contributed by atoms with Crippen LogP contribution in [0.2, 0.25) is 0 Å². The highest BCUT2D eigenvalue weighted by Gasteiger charge is 2.29. The predicted octanol–water partition coefficient (Wildman–Crippen LogP) is 4.26. The van der Waals surface area contributed by atoms with Crippen LogP contribution in [0.25, 0.3) is 0 Å². The van der Waals surface area contributed by atoms with Crippen molar-refractivity contribution in [1.82, 2.24) is 0 Å². The first-order valence-electron chi connectivity index (χ1n) is 8.40. The largest absolute Gasteiger partial charge is 0.327 e. The highest BCUT2D eigenvalue weighted by molar-refractivity contribution is 5.35. The summed E-state index contributed by atoms with van der Waals surface area (Å²) in [5, 5.41) is 0. The summed E-state index contributed by atoms with van der Waals surface area (Å²) in [7, 11) is 0. The van der Waals surface area contributed by atoms with Gasteiger partial charge in [0, 0.05) is 6.04 Å². The molecule has 1 heteroatoms. The van der Waals surface area contributed by atoms with Crippen LogP contribution < -0.4 is 5.73 Å². The van der Waals surface area contributed by atoms with E-state index >= 15 is 0 Å². The Bertz CT molecular complexity index is 465. The summed E-state index contributed by atoms with van der Waals surface area (Å²) in [4.78, 5) is 0. The fourth-order valence-electron chi connectivity index (χ4n) is 4.04. The number of aryl methyl sites for hydroxylation is 2. The number of nitrogens with two attached hydrogens (primary N) is 1. The van der Waals surface area contributed by atoms with Gasteiger partial charge in [0.2, 0.25) is 0 Å². The van der Waals surface area contributed by atoms with Crippen molar-refractivity contribution in [2.75, 3.05) is 0 Å². The molecule has 0 saturated heterocycles. The summed E-state index contributed by atoms with van der Waals surface area (Å²) in [6.07, 6.45) is 10.3. The van der Waals surface area contributed by atoms with E-state index in [0.717, 1.165) is 12.3 Å². The molecule has 1 saturated carbocycles. The van der Waals surface area contributed by atoms with Crippen LogP contribution in [-0.4, -0.2) is 6.04 Å². The van der Waals surface area contributed by atoms with Crippen LogP contribution in [-0.2, 0) is 19.3 Å². The first-order valence-corrected chi connectivity index (χ1v) is 8.40. The molecule has 110 valence electrons. The molecule has 0 aliphatic heterocycles. The standard InChI is InChI=1S/C19H29N/c1-19(2)10-8-16(9-11-19)18(20)13-14-6-7-15-4-3-5-17(15)12-14/h6-7,12,16,18H,3-5,8-11,13,20H2,1-2H3. The van der Waals surface area contributed by atoms with Crippen LogP contribution in [0, 0.1) is 11.3 Å². The second-order valence-electron chi connectivity index (χ2n) is 7.83. The molecule has 20 heavy (non-hydrogen) atoms. The van der Waals surface area contributed by atoms with Gasteiger partial charge >= 0.3 is 0 Å². The Morgan fingerprint density at radius 2 is 1.85 bits per heavy atom. The van der Waals surface area contributed by atoms with Gasteiger partial charge in [-0.3, -0.25) is 0 Å². The van der Waals surface area contributed by atoms with Crippen LogP contribution in [0.15, 0.2) is 18.2 Å². The van der Waals surface area contributed by atoms with Crippen molar-refractivity contribution in [3.8, 4) is 0 Å². The van der Waals surface area contributed by atoms with Gasteiger partial charge in [-0.05, 0) is 79.4 Å². The smallest absolute Gasteiger partial charge is 0.0108 e. The van der Waals surface area contributed by atoms with Crippen molar-refractivity contribution >= 4 is 0 Å². The maximum atomic E-state index is 6.51. The highest BCUT2D eigenvalue weighted by Crippen LogP contribution is 2.39. The maximum Gasteiger partial charge on any atom is 0.0108 e. The van der Waals surface area contributed by atoms with Crippen molar-refractivity contribution in [3.63, 3.8) is 0 Å². The first kappa shape index (κ1) is 14.1. The number of hydrogen-bond donors (Lipinski definition) is 1. The second-order valence-corrected chi connectivity index (χ2v) is 7.83. The summed E-state index contributed by atoms with van der Waals surface area (Å²) in [5.74, 6) is 0.733. The minimum atomic E-state index is 0.352. The molecular formula is C19H29N. The molecule has 1 atom stereocenters. The van der Waals surface area contributed by atoms with E-state index in [0.29, 0.717) is 11.5 Å². The van der Waals surface area contributed by atoms with Crippen LogP contribution in [0.1, 0.15) is 62.6 Å². The van der Waals surface area contributed by atoms with Crippen molar-refractivity contribution in [3.05, 3.63) is 34.9 Å². The van der Waals surface area contributed by atoms with Gasteiger partial charge in [0.15, 0.2) is 0 Å². The molecule has 0 spiro atoms. The normalized spacial score (nSPS) is 23.6. The van der Waals surface area contributed by atoms with Gasteiger partial charge in [-0.25, -0.2) is 0 Å². The molecule has 0 radical (unpaired) electrons. The van der Waals surface area contributed by atoms with E-state index in [9.17, 15) is 0 Å². The topological polar surface area (TPSA) is 26.0 Å². The molecule has 3 rings (SSSR count). The first-order chi connectivity index (χ1) is 9.53. The summed E-state index contributed by atoms with van der Waals surface area (Å²) >= 11 is 0. The second kappa shape index (κ2) is 5.52. The van der Waals surface area contributed by atoms with Crippen LogP contribution >= 0.6 is 0 Å². The zero-order valence-corrected chi connectivity index (χ0v) is 13.1. The Hall–Kier alpha value is -0.820. The highest BCUT2D eigenvalue weighted by atomic mass is 14.7. The van der Waals surface area contributed by atoms with Crippen molar-refractivity contribution in [1.29, 1.82) is 0 Å². The fourth-order valence-corrected chi connectivity index (χ4v) is 4.04. The lowest BCUT2D eigenvalue weighted by molar-refractivity contribution is 0.173. The molecule has 0 heterocycles. The van der Waals surface area contributed by atoms with Gasteiger partial charge < -0.3 is 5.73 Å². The van der Waals surface area contributed by atoms with Crippen LogP contribution in [0.3, 0.4) is 0 Å². The molecule has 0 aromatic heterocycles. The predicted molar refractivity (Wildman–Crippen MR) is 85.9 cm³/mol. The number of hydrogen-bond acceptors (Lipinski definition) is 1. The maximum absolute atomic E-state index is 6.51. The summed E-state index contributed by atoms with van der Waals surface area (Å²) in [5.41, 5.74) is 11.7. The van der Waals surface area contributed by atoms with Gasteiger partial charge in [-0.2, -0.15) is 0 Å². The number of fused-ring (bicyclic) bond motifs is 1. The Labute approximate surface area is 124 Å². The average Bonchev–Trinajstić information content (AvgIpc) is 2.86. The van der Waals surface area contributed by atoms with Crippen molar-refractivity contribution in [2.45, 2.75) is 71.3 Å². The Kier molecular flexibility index (Phi) is 3.90. The van der Waals surface area contributed by atoms with E-state index in [-0.39, 0.29) is 0 Å². The lowest BCUT2D eigenvalue weighted by atomic mass is 9.70. The van der Waals surface area contributed by atoms with E-state index in [1.165, 1.54) is 50.5 Å². The Morgan fingerprint density at radius 1 is 1.15 bits per heavy atom. The van der Waals surface area contributed by atoms with Crippen LogP contribution in [0.4, 0.5) is 0 Å². The van der Waals surface area contributed by atoms with E-state index in [4.69, 9.17) is 5.73 Å². The third kappa shape index (κ3) is 3.09. The molecule has 2 aliphatic rings. The molecule has 2 N–H and O–H groups in total. The van der Waals surface area contributed by atoms with Gasteiger partial charge in [-0.1, -0.05) is 32.0 Å². The monoisotopic (exact) mass is 271 g/mol. The van der Waals surface area contributed by atoms with E-state index in [1.807, 2.05) is 0 Å². The molecule has 2 aliphatic carbocycles. The number of rotatable bonds is 3. The zero-order valence-electron chi connectivity index (χ0n) is 13.1. The molecule has 1 aromatic rings. The third-order valence-electron chi connectivity index (χ3n) is 5.62. The SMILES string of the molecule is CC1(C)CCC(C(N)Cc2ccc3c(c2)CCC3)CC1. The third-order valence-corrected chi connectivity index (χ3v) is 5.62. The summed E-state index contributed by atoms with van der Waals surface area (Å²) < 4.78 is 0. The Balaban J connectivity index is 1.60. The minimum absolute atomic E-state index is 0.352. The van der Waals surface area contributed by atoms with Gasteiger partial charge in [-0.15, -0.1) is 0 Å². The van der Waals surface area contributed by atoms with E-state index in [2.05, 4.69) is 32.0 Å². The average molecular weight is 271 g/mol. The molecular weight excluding hydrogens is 242 g/mol. The molecule has 1 fully saturated rings. The van der Waals surface area contributed by atoms with Crippen molar-refractivity contribution < 1.29 is 0 Å². The quantitative estimate of drug-likeness (QED) is 0.873. The lowest BCUT2D eigenvalue weighted by Gasteiger charge is -2.37. The summed E-state index contributed by atoms with van der Waals surface area (Å²) in [6.45, 7) is 4.80. The van der Waals surface area contributed by atoms with E-state index in [1.54, 1.807) is 11.1 Å². The molecule has 0 bridgehead atoms. The van der Waals surface area contributed by atoms with Gasteiger partial charge in [0.25, 0.3) is 0 Å². The van der Waals surface area contributed by atoms with Crippen LogP contribution in [0.5, 0.6) is 0 Å². The van der Waals surface area contributed by atoms with Gasteiger partial charge in [0.05, 0.1) is 0 Å². The molecule has 1 unspecified atom stereocenters. The van der Waals surface area contributed by atoms with Crippen molar-refractivity contribution in [2.24, 2.45) is 17.1 Å². The lowest BCUT2D eigenvalue weighted by Crippen LogP contribution is -2.36. The zero-order chi connectivity index (χ0) is 14.2. The molecule has 0 amide bonds. The summed E-state index contributed by atoms with van der Waals surface area (Å²) in [6, 6.07) is 7.44. The van der Waals surface area contributed by atoms with Gasteiger partial charge in [0.1, 0.15) is 0 Å². The van der Waals surface area contributed by atoms with E-state index < -0.39 is 0 Å². The molecule has 1 aromatic carbocycles. The number of benzene rings is 1. The molecule has 1 nitrogen and oxygen atoms in total. The minimum Gasteiger partial charge on any atom is -0.327 e.